The maximum atomic E-state index is 12.2. The average Bonchev–Trinajstić information content (AvgIpc) is 2.73. The molecule has 8 heteroatoms. The Morgan fingerprint density at radius 2 is 1.63 bits per heavy atom. The Hall–Kier alpha value is -3.39. The third-order valence-corrected chi connectivity index (χ3v) is 4.13. The van der Waals surface area contributed by atoms with Crippen molar-refractivity contribution < 1.29 is 19.1 Å². The van der Waals surface area contributed by atoms with E-state index in [1.807, 2.05) is 13.8 Å². The minimum Gasteiger partial charge on any atom is -0.383 e. The van der Waals surface area contributed by atoms with Crippen molar-refractivity contribution >= 4 is 34.8 Å². The third kappa shape index (κ3) is 7.56. The summed E-state index contributed by atoms with van der Waals surface area (Å²) in [4.78, 5) is 36.0. The van der Waals surface area contributed by atoms with Gasteiger partial charge in [0.15, 0.2) is 0 Å². The lowest BCUT2D eigenvalue weighted by Gasteiger charge is -2.11. The number of amides is 3. The molecule has 2 aromatic rings. The Morgan fingerprint density at radius 1 is 0.933 bits per heavy atom. The van der Waals surface area contributed by atoms with Crippen molar-refractivity contribution in [2.45, 2.75) is 13.8 Å². The second-order valence-electron chi connectivity index (χ2n) is 6.95. The zero-order valence-corrected chi connectivity index (χ0v) is 17.5. The fourth-order valence-corrected chi connectivity index (χ4v) is 2.45. The van der Waals surface area contributed by atoms with Gasteiger partial charge in [-0.3, -0.25) is 14.4 Å². The molecule has 0 aliphatic rings. The van der Waals surface area contributed by atoms with E-state index in [0.29, 0.717) is 30.1 Å². The first-order valence-electron chi connectivity index (χ1n) is 9.71. The molecule has 2 aromatic carbocycles. The van der Waals surface area contributed by atoms with Crippen LogP contribution in [0.3, 0.4) is 0 Å². The lowest BCUT2D eigenvalue weighted by Crippen LogP contribution is -2.27. The molecule has 0 atom stereocenters. The predicted octanol–water partition coefficient (Wildman–Crippen LogP) is 2.71. The number of hydrogen-bond acceptors (Lipinski definition) is 5. The van der Waals surface area contributed by atoms with E-state index >= 15 is 0 Å². The van der Waals surface area contributed by atoms with Gasteiger partial charge in [0, 0.05) is 42.2 Å². The van der Waals surface area contributed by atoms with Crippen LogP contribution in [0, 0.1) is 5.92 Å². The van der Waals surface area contributed by atoms with Crippen LogP contribution in [0.1, 0.15) is 24.2 Å². The van der Waals surface area contributed by atoms with Crippen LogP contribution < -0.4 is 21.3 Å². The summed E-state index contributed by atoms with van der Waals surface area (Å²) in [6.45, 7) is 4.55. The van der Waals surface area contributed by atoms with Crippen LogP contribution in [0.25, 0.3) is 0 Å². The van der Waals surface area contributed by atoms with E-state index in [1.54, 1.807) is 55.6 Å². The van der Waals surface area contributed by atoms with Gasteiger partial charge in [-0.05, 0) is 42.5 Å². The number of ether oxygens (including phenoxy) is 1. The second kappa shape index (κ2) is 11.6. The molecule has 0 spiro atoms. The van der Waals surface area contributed by atoms with Crippen LogP contribution in [-0.4, -0.2) is 44.5 Å². The summed E-state index contributed by atoms with van der Waals surface area (Å²) in [6.07, 6.45) is 0. The number of methoxy groups -OCH3 is 1. The lowest BCUT2D eigenvalue weighted by atomic mass is 10.2. The fourth-order valence-electron chi connectivity index (χ4n) is 2.45. The van der Waals surface area contributed by atoms with Crippen LogP contribution in [0.4, 0.5) is 17.1 Å². The van der Waals surface area contributed by atoms with Crippen molar-refractivity contribution in [3.8, 4) is 0 Å². The van der Waals surface area contributed by atoms with E-state index in [9.17, 15) is 14.4 Å². The molecular weight excluding hydrogens is 384 g/mol. The molecule has 0 aromatic heterocycles. The highest BCUT2D eigenvalue weighted by Gasteiger charge is 2.09. The molecule has 8 nitrogen and oxygen atoms in total. The maximum Gasteiger partial charge on any atom is 0.251 e. The molecular formula is C22H28N4O4. The summed E-state index contributed by atoms with van der Waals surface area (Å²) in [6, 6.07) is 13.8. The van der Waals surface area contributed by atoms with Crippen molar-refractivity contribution in [1.82, 2.24) is 5.32 Å². The number of hydrogen-bond donors (Lipinski definition) is 4. The Balaban J connectivity index is 1.84. The van der Waals surface area contributed by atoms with Crippen molar-refractivity contribution in [2.75, 3.05) is 42.8 Å². The summed E-state index contributed by atoms with van der Waals surface area (Å²) in [5.74, 6) is -0.624. The minimum absolute atomic E-state index is 0.0512. The first-order valence-corrected chi connectivity index (χ1v) is 9.71. The van der Waals surface area contributed by atoms with Gasteiger partial charge in [-0.15, -0.1) is 0 Å². The summed E-state index contributed by atoms with van der Waals surface area (Å²) < 4.78 is 4.90. The van der Waals surface area contributed by atoms with E-state index in [2.05, 4.69) is 21.3 Å². The summed E-state index contributed by atoms with van der Waals surface area (Å²) in [5.41, 5.74) is 2.44. The van der Waals surface area contributed by atoms with Crippen molar-refractivity contribution in [3.05, 3.63) is 54.1 Å². The van der Waals surface area contributed by atoms with E-state index < -0.39 is 0 Å². The molecule has 30 heavy (non-hydrogen) atoms. The Morgan fingerprint density at radius 3 is 2.30 bits per heavy atom. The normalized spacial score (nSPS) is 10.4. The van der Waals surface area contributed by atoms with Gasteiger partial charge in [0.25, 0.3) is 5.91 Å². The molecule has 0 bridgehead atoms. The second-order valence-corrected chi connectivity index (χ2v) is 6.95. The Labute approximate surface area is 176 Å². The van der Waals surface area contributed by atoms with E-state index in [1.165, 1.54) is 0 Å². The largest absolute Gasteiger partial charge is 0.383 e. The van der Waals surface area contributed by atoms with E-state index in [0.717, 1.165) is 5.69 Å². The molecule has 0 aliphatic heterocycles. The number of benzene rings is 2. The molecule has 3 amide bonds. The highest BCUT2D eigenvalue weighted by atomic mass is 16.5. The Kier molecular flexibility index (Phi) is 8.83. The van der Waals surface area contributed by atoms with Gasteiger partial charge in [0.2, 0.25) is 11.8 Å². The molecule has 4 N–H and O–H groups in total. The monoisotopic (exact) mass is 412 g/mol. The number of nitrogens with one attached hydrogen (secondary N) is 4. The van der Waals surface area contributed by atoms with Gasteiger partial charge in [0.1, 0.15) is 0 Å². The van der Waals surface area contributed by atoms with Crippen LogP contribution >= 0.6 is 0 Å². The number of rotatable bonds is 10. The first kappa shape index (κ1) is 22.9. The molecule has 160 valence electrons. The minimum atomic E-state index is -0.246. The summed E-state index contributed by atoms with van der Waals surface area (Å²) in [7, 11) is 1.56. The first-order chi connectivity index (χ1) is 14.4. The van der Waals surface area contributed by atoms with Crippen molar-refractivity contribution in [3.63, 3.8) is 0 Å². The van der Waals surface area contributed by atoms with Crippen LogP contribution in [0.5, 0.6) is 0 Å². The molecule has 0 radical (unpaired) electrons. The van der Waals surface area contributed by atoms with Gasteiger partial charge < -0.3 is 26.0 Å². The Bertz CT molecular complexity index is 866. The highest BCUT2D eigenvalue weighted by molar-refractivity contribution is 5.98. The van der Waals surface area contributed by atoms with Gasteiger partial charge in [0.05, 0.1) is 13.2 Å². The van der Waals surface area contributed by atoms with Crippen molar-refractivity contribution in [2.24, 2.45) is 5.92 Å². The van der Waals surface area contributed by atoms with Crippen LogP contribution in [0.2, 0.25) is 0 Å². The SMILES string of the molecule is COCCNC(=O)c1cccc(NC(=O)CNc2ccc(NC(=O)C(C)C)cc2)c1. The zero-order valence-electron chi connectivity index (χ0n) is 17.5. The molecule has 0 heterocycles. The standard InChI is InChI=1S/C22H28N4O4/c1-15(2)21(28)26-18-9-7-17(8-10-18)24-14-20(27)25-19-6-4-5-16(13-19)22(29)23-11-12-30-3/h4-10,13,15,24H,11-12,14H2,1-3H3,(H,23,29)(H,25,27)(H,26,28). The highest BCUT2D eigenvalue weighted by Crippen LogP contribution is 2.15. The summed E-state index contributed by atoms with van der Waals surface area (Å²) >= 11 is 0. The number of carbonyl (C=O) groups excluding carboxylic acids is 3. The summed E-state index contributed by atoms with van der Waals surface area (Å²) in [5, 5.41) is 11.3. The molecule has 2 rings (SSSR count). The predicted molar refractivity (Wildman–Crippen MR) is 118 cm³/mol. The van der Waals surface area contributed by atoms with Gasteiger partial charge in [-0.2, -0.15) is 0 Å². The maximum absolute atomic E-state index is 12.2. The fraction of sp³-hybridized carbons (Fsp3) is 0.318. The van der Waals surface area contributed by atoms with Gasteiger partial charge in [-0.1, -0.05) is 19.9 Å². The van der Waals surface area contributed by atoms with Crippen molar-refractivity contribution in [1.29, 1.82) is 0 Å². The molecule has 0 unspecified atom stereocenters. The molecule has 0 aliphatic carbocycles. The number of carbonyl (C=O) groups is 3. The van der Waals surface area contributed by atoms with E-state index in [-0.39, 0.29) is 30.2 Å². The molecule has 0 saturated heterocycles. The van der Waals surface area contributed by atoms with Crippen LogP contribution in [-0.2, 0) is 14.3 Å². The van der Waals surface area contributed by atoms with E-state index in [4.69, 9.17) is 4.74 Å². The topological polar surface area (TPSA) is 109 Å². The van der Waals surface area contributed by atoms with Crippen LogP contribution in [0.15, 0.2) is 48.5 Å². The number of anilines is 3. The van der Waals surface area contributed by atoms with Gasteiger partial charge >= 0.3 is 0 Å². The lowest BCUT2D eigenvalue weighted by molar-refractivity contribution is -0.119. The third-order valence-electron chi connectivity index (χ3n) is 4.13. The average molecular weight is 412 g/mol. The molecule has 0 fully saturated rings. The quantitative estimate of drug-likeness (QED) is 0.449. The van der Waals surface area contributed by atoms with Gasteiger partial charge in [-0.25, -0.2) is 0 Å². The smallest absolute Gasteiger partial charge is 0.251 e. The molecule has 0 saturated carbocycles. The zero-order chi connectivity index (χ0) is 21.9.